The van der Waals surface area contributed by atoms with Crippen molar-refractivity contribution in [1.82, 2.24) is 5.32 Å². The summed E-state index contributed by atoms with van der Waals surface area (Å²) in [5.41, 5.74) is 0.654. The zero-order valence-corrected chi connectivity index (χ0v) is 14.4. The van der Waals surface area contributed by atoms with E-state index >= 15 is 0 Å². The molecule has 3 rings (SSSR count). The average molecular weight is 362 g/mol. The van der Waals surface area contributed by atoms with Crippen molar-refractivity contribution >= 4 is 28.5 Å². The highest BCUT2D eigenvalue weighted by atomic mass is 35.5. The van der Waals surface area contributed by atoms with E-state index in [1.54, 1.807) is 38.3 Å². The van der Waals surface area contributed by atoms with Gasteiger partial charge in [0.1, 0.15) is 17.1 Å². The molecule has 130 valence electrons. The minimum atomic E-state index is -0.455. The number of hydrogen-bond donors (Lipinski definition) is 1. The van der Waals surface area contributed by atoms with Crippen molar-refractivity contribution in [1.29, 1.82) is 0 Å². The molecule has 3 aromatic rings. The second-order valence-electron chi connectivity index (χ2n) is 5.62. The number of rotatable bonds is 5. The van der Waals surface area contributed by atoms with Gasteiger partial charge in [-0.1, -0.05) is 11.6 Å². The van der Waals surface area contributed by atoms with Crippen LogP contribution in [0.5, 0.6) is 5.75 Å². The van der Waals surface area contributed by atoms with Gasteiger partial charge in [0, 0.05) is 17.5 Å². The number of aryl methyl sites for hydroxylation is 1. The Balaban J connectivity index is 1.71. The van der Waals surface area contributed by atoms with Crippen LogP contribution in [-0.2, 0) is 4.79 Å². The van der Waals surface area contributed by atoms with Crippen LogP contribution in [0.1, 0.15) is 24.3 Å². The summed E-state index contributed by atoms with van der Waals surface area (Å²) in [4.78, 5) is 23.5. The van der Waals surface area contributed by atoms with Crippen molar-refractivity contribution in [3.8, 4) is 5.75 Å². The van der Waals surface area contributed by atoms with E-state index in [-0.39, 0.29) is 24.3 Å². The lowest BCUT2D eigenvalue weighted by molar-refractivity contribution is -0.123. The highest BCUT2D eigenvalue weighted by molar-refractivity contribution is 6.32. The summed E-state index contributed by atoms with van der Waals surface area (Å²) in [6, 6.07) is 7.79. The molecule has 0 radical (unpaired) electrons. The third-order valence-corrected chi connectivity index (χ3v) is 4.01. The van der Waals surface area contributed by atoms with Crippen LogP contribution < -0.4 is 15.7 Å². The summed E-state index contributed by atoms with van der Waals surface area (Å²) in [5.74, 6) is 0.587. The van der Waals surface area contributed by atoms with Crippen LogP contribution in [0.2, 0.25) is 5.02 Å². The molecule has 0 aliphatic carbocycles. The van der Waals surface area contributed by atoms with Crippen LogP contribution in [0.4, 0.5) is 0 Å². The highest BCUT2D eigenvalue weighted by Gasteiger charge is 2.14. The molecule has 0 fully saturated rings. The predicted octanol–water partition coefficient (Wildman–Crippen LogP) is 3.60. The lowest BCUT2D eigenvalue weighted by atomic mass is 10.1. The number of fused-ring (bicyclic) bond motifs is 1. The van der Waals surface area contributed by atoms with Crippen molar-refractivity contribution in [2.45, 2.75) is 19.9 Å². The number of benzene rings is 1. The van der Waals surface area contributed by atoms with Gasteiger partial charge in [-0.25, -0.2) is 4.79 Å². The third-order valence-electron chi connectivity index (χ3n) is 3.71. The predicted molar refractivity (Wildman–Crippen MR) is 93.0 cm³/mol. The Morgan fingerprint density at radius 1 is 1.36 bits per heavy atom. The molecule has 0 saturated carbocycles. The minimum absolute atomic E-state index is 0.230. The van der Waals surface area contributed by atoms with Gasteiger partial charge in [0.15, 0.2) is 6.61 Å². The summed E-state index contributed by atoms with van der Waals surface area (Å²) >= 11 is 6.19. The smallest absolute Gasteiger partial charge is 0.336 e. The molecule has 1 atom stereocenters. The molecule has 25 heavy (non-hydrogen) atoms. The summed E-state index contributed by atoms with van der Waals surface area (Å²) < 4.78 is 15.8. The van der Waals surface area contributed by atoms with E-state index in [2.05, 4.69) is 5.32 Å². The Labute approximate surface area is 148 Å². The van der Waals surface area contributed by atoms with Crippen molar-refractivity contribution in [2.24, 2.45) is 0 Å². The van der Waals surface area contributed by atoms with Crippen molar-refractivity contribution in [3.63, 3.8) is 0 Å². The summed E-state index contributed by atoms with van der Waals surface area (Å²) in [6.45, 7) is 3.36. The monoisotopic (exact) mass is 361 g/mol. The standard InChI is InChI=1S/C18H16ClNO5/c1-10-6-18(22)25-15-8-16(13(19)7-12(10)15)24-9-17(21)20-11(2)14-4-3-5-23-14/h3-8,11H,9H2,1-2H3,(H,20,21). The molecule has 0 aliphatic heterocycles. The molecular formula is C18H16ClNO5. The van der Waals surface area contributed by atoms with Crippen molar-refractivity contribution in [3.05, 3.63) is 63.4 Å². The molecule has 0 aliphatic rings. The Hall–Kier alpha value is -2.73. The summed E-state index contributed by atoms with van der Waals surface area (Å²) in [5, 5.41) is 3.80. The quantitative estimate of drug-likeness (QED) is 0.702. The van der Waals surface area contributed by atoms with E-state index in [9.17, 15) is 9.59 Å². The fraction of sp³-hybridized carbons (Fsp3) is 0.222. The minimum Gasteiger partial charge on any atom is -0.482 e. The average Bonchev–Trinajstić information content (AvgIpc) is 3.08. The molecule has 1 aromatic carbocycles. The second kappa shape index (κ2) is 7.03. The zero-order chi connectivity index (χ0) is 18.0. The van der Waals surface area contributed by atoms with E-state index < -0.39 is 5.63 Å². The van der Waals surface area contributed by atoms with Gasteiger partial charge >= 0.3 is 5.63 Å². The van der Waals surface area contributed by atoms with Gasteiger partial charge in [0.2, 0.25) is 0 Å². The number of hydrogen-bond acceptors (Lipinski definition) is 5. The number of nitrogens with one attached hydrogen (secondary N) is 1. The summed E-state index contributed by atoms with van der Waals surface area (Å²) in [6.07, 6.45) is 1.54. The van der Waals surface area contributed by atoms with Gasteiger partial charge in [-0.15, -0.1) is 0 Å². The van der Waals surface area contributed by atoms with E-state index in [1.165, 1.54) is 12.1 Å². The number of halogens is 1. The molecule has 2 heterocycles. The molecule has 0 bridgehead atoms. The zero-order valence-electron chi connectivity index (χ0n) is 13.7. The SMILES string of the molecule is Cc1cc(=O)oc2cc(OCC(=O)NC(C)c3ccco3)c(Cl)cc12. The van der Waals surface area contributed by atoms with E-state index in [0.717, 1.165) is 5.56 Å². The molecular weight excluding hydrogens is 346 g/mol. The Morgan fingerprint density at radius 3 is 2.88 bits per heavy atom. The van der Waals surface area contributed by atoms with E-state index in [0.29, 0.717) is 21.8 Å². The van der Waals surface area contributed by atoms with Crippen molar-refractivity contribution < 1.29 is 18.4 Å². The maximum absolute atomic E-state index is 12.0. The second-order valence-corrected chi connectivity index (χ2v) is 6.03. The lowest BCUT2D eigenvalue weighted by Gasteiger charge is -2.13. The third kappa shape index (κ3) is 3.85. The first kappa shape index (κ1) is 17.1. The number of amides is 1. The van der Waals surface area contributed by atoms with Crippen molar-refractivity contribution in [2.75, 3.05) is 6.61 Å². The van der Waals surface area contributed by atoms with E-state index in [4.69, 9.17) is 25.2 Å². The van der Waals surface area contributed by atoms with Gasteiger partial charge < -0.3 is 18.9 Å². The first-order chi connectivity index (χ1) is 11.9. The number of ether oxygens (including phenoxy) is 1. The van der Waals surface area contributed by atoms with Gasteiger partial charge in [-0.2, -0.15) is 0 Å². The lowest BCUT2D eigenvalue weighted by Crippen LogP contribution is -2.31. The maximum Gasteiger partial charge on any atom is 0.336 e. The van der Waals surface area contributed by atoms with Crippen LogP contribution in [-0.4, -0.2) is 12.5 Å². The Bertz CT molecular complexity index is 962. The normalized spacial score (nSPS) is 12.1. The van der Waals surface area contributed by atoms with Gasteiger partial charge in [-0.05, 0) is 37.6 Å². The fourth-order valence-corrected chi connectivity index (χ4v) is 2.68. The molecule has 0 spiro atoms. The van der Waals surface area contributed by atoms with Gasteiger partial charge in [-0.3, -0.25) is 4.79 Å². The molecule has 7 heteroatoms. The Kier molecular flexibility index (Phi) is 4.81. The van der Waals surface area contributed by atoms with Crippen LogP contribution in [0, 0.1) is 6.92 Å². The molecule has 1 unspecified atom stereocenters. The maximum atomic E-state index is 12.0. The van der Waals surface area contributed by atoms with Crippen LogP contribution >= 0.6 is 11.6 Å². The molecule has 2 aromatic heterocycles. The van der Waals surface area contributed by atoms with Gasteiger partial charge in [0.05, 0.1) is 17.3 Å². The largest absolute Gasteiger partial charge is 0.482 e. The number of carbonyl (C=O) groups is 1. The van der Waals surface area contributed by atoms with E-state index in [1.807, 2.05) is 0 Å². The highest BCUT2D eigenvalue weighted by Crippen LogP contribution is 2.31. The topological polar surface area (TPSA) is 81.7 Å². The summed E-state index contributed by atoms with van der Waals surface area (Å²) in [7, 11) is 0. The van der Waals surface area contributed by atoms with Crippen LogP contribution in [0.3, 0.4) is 0 Å². The number of furan rings is 1. The molecule has 6 nitrogen and oxygen atoms in total. The van der Waals surface area contributed by atoms with Gasteiger partial charge in [0.25, 0.3) is 5.91 Å². The molecule has 0 saturated heterocycles. The van der Waals surface area contributed by atoms with Crippen LogP contribution in [0.25, 0.3) is 11.0 Å². The number of carbonyl (C=O) groups excluding carboxylic acids is 1. The molecule has 1 N–H and O–H groups in total. The first-order valence-electron chi connectivity index (χ1n) is 7.63. The Morgan fingerprint density at radius 2 is 2.16 bits per heavy atom. The molecule has 1 amide bonds. The first-order valence-corrected chi connectivity index (χ1v) is 8.01. The van der Waals surface area contributed by atoms with Crippen LogP contribution in [0.15, 0.2) is 50.2 Å². The fourth-order valence-electron chi connectivity index (χ4n) is 2.47.